The van der Waals surface area contributed by atoms with Crippen molar-refractivity contribution in [3.8, 4) is 0 Å². The molecular weight excluding hydrogens is 280 g/mol. The standard InChI is InChI=1S/C16H28N4O2/c1-2-9-19-10-5-16(6-11-19)14(21)20(15(22)18-16)12-13-3-7-17-8-4-13/h13,17H,2-12H2,1H3,(H,18,22). The first-order valence-corrected chi connectivity index (χ1v) is 8.72. The molecule has 0 bridgehead atoms. The van der Waals surface area contributed by atoms with Crippen molar-refractivity contribution in [3.05, 3.63) is 0 Å². The first kappa shape index (κ1) is 15.7. The van der Waals surface area contributed by atoms with Crippen molar-refractivity contribution in [1.82, 2.24) is 20.4 Å². The van der Waals surface area contributed by atoms with Crippen LogP contribution >= 0.6 is 0 Å². The van der Waals surface area contributed by atoms with Gasteiger partial charge in [-0.3, -0.25) is 9.69 Å². The molecule has 3 fully saturated rings. The highest BCUT2D eigenvalue weighted by molar-refractivity contribution is 6.07. The van der Waals surface area contributed by atoms with E-state index in [-0.39, 0.29) is 11.9 Å². The highest BCUT2D eigenvalue weighted by atomic mass is 16.2. The fourth-order valence-corrected chi connectivity index (χ4v) is 3.98. The minimum absolute atomic E-state index is 0.0205. The second-order valence-electron chi connectivity index (χ2n) is 6.96. The van der Waals surface area contributed by atoms with Crippen LogP contribution in [-0.2, 0) is 4.79 Å². The summed E-state index contributed by atoms with van der Waals surface area (Å²) < 4.78 is 0. The molecule has 0 aromatic carbocycles. The number of rotatable bonds is 4. The summed E-state index contributed by atoms with van der Waals surface area (Å²) in [4.78, 5) is 29.0. The van der Waals surface area contributed by atoms with E-state index in [0.29, 0.717) is 12.5 Å². The Labute approximate surface area is 132 Å². The number of amides is 3. The lowest BCUT2D eigenvalue weighted by molar-refractivity contribution is -0.133. The van der Waals surface area contributed by atoms with Crippen molar-refractivity contribution in [2.24, 2.45) is 5.92 Å². The van der Waals surface area contributed by atoms with E-state index in [1.165, 1.54) is 4.90 Å². The van der Waals surface area contributed by atoms with Crippen molar-refractivity contribution in [1.29, 1.82) is 0 Å². The Hall–Kier alpha value is -1.14. The van der Waals surface area contributed by atoms with Crippen molar-refractivity contribution in [3.63, 3.8) is 0 Å². The Balaban J connectivity index is 1.61. The van der Waals surface area contributed by atoms with Crippen LogP contribution in [0, 0.1) is 5.92 Å². The minimum atomic E-state index is -0.617. The van der Waals surface area contributed by atoms with Crippen LogP contribution in [0.1, 0.15) is 39.0 Å². The van der Waals surface area contributed by atoms with Gasteiger partial charge in [0.2, 0.25) is 0 Å². The SMILES string of the molecule is CCCN1CCC2(CC1)NC(=O)N(CC1CCNCC1)C2=O. The van der Waals surface area contributed by atoms with Crippen LogP contribution in [-0.4, -0.2) is 66.5 Å². The van der Waals surface area contributed by atoms with Crippen LogP contribution in [0.3, 0.4) is 0 Å². The fourth-order valence-electron chi connectivity index (χ4n) is 3.98. The molecule has 0 unspecified atom stereocenters. The van der Waals surface area contributed by atoms with Gasteiger partial charge in [-0.1, -0.05) is 6.92 Å². The third-order valence-corrected chi connectivity index (χ3v) is 5.39. The quantitative estimate of drug-likeness (QED) is 0.754. The second-order valence-corrected chi connectivity index (χ2v) is 6.96. The van der Waals surface area contributed by atoms with E-state index in [1.807, 2.05) is 0 Å². The van der Waals surface area contributed by atoms with E-state index in [9.17, 15) is 9.59 Å². The molecule has 3 aliphatic heterocycles. The summed E-state index contributed by atoms with van der Waals surface area (Å²) in [6, 6.07) is -0.174. The molecule has 0 atom stereocenters. The van der Waals surface area contributed by atoms with Gasteiger partial charge in [0.05, 0.1) is 0 Å². The van der Waals surface area contributed by atoms with Crippen molar-refractivity contribution in [2.45, 2.75) is 44.6 Å². The molecule has 22 heavy (non-hydrogen) atoms. The predicted octanol–water partition coefficient (Wildman–Crippen LogP) is 0.782. The second kappa shape index (κ2) is 6.54. The Morgan fingerprint density at radius 3 is 2.50 bits per heavy atom. The molecule has 0 saturated carbocycles. The molecule has 6 heteroatoms. The number of imide groups is 1. The van der Waals surface area contributed by atoms with Crippen LogP contribution in [0.2, 0.25) is 0 Å². The van der Waals surface area contributed by atoms with Gasteiger partial charge in [-0.25, -0.2) is 4.79 Å². The maximum absolute atomic E-state index is 12.8. The number of carbonyl (C=O) groups excluding carboxylic acids is 2. The van der Waals surface area contributed by atoms with Crippen LogP contribution < -0.4 is 10.6 Å². The number of urea groups is 1. The zero-order valence-corrected chi connectivity index (χ0v) is 13.6. The van der Waals surface area contributed by atoms with E-state index in [2.05, 4.69) is 22.5 Å². The summed E-state index contributed by atoms with van der Waals surface area (Å²) in [5, 5.41) is 6.34. The molecule has 124 valence electrons. The Morgan fingerprint density at radius 2 is 1.86 bits per heavy atom. The maximum Gasteiger partial charge on any atom is 0.325 e. The molecule has 0 radical (unpaired) electrons. The molecule has 6 nitrogen and oxygen atoms in total. The first-order chi connectivity index (χ1) is 10.6. The highest BCUT2D eigenvalue weighted by Crippen LogP contribution is 2.30. The molecule has 3 rings (SSSR count). The van der Waals surface area contributed by atoms with Crippen molar-refractivity contribution < 1.29 is 9.59 Å². The lowest BCUT2D eigenvalue weighted by atomic mass is 9.87. The third-order valence-electron chi connectivity index (χ3n) is 5.39. The summed E-state index contributed by atoms with van der Waals surface area (Å²) in [6.07, 6.45) is 4.73. The number of hydrogen-bond acceptors (Lipinski definition) is 4. The fraction of sp³-hybridized carbons (Fsp3) is 0.875. The lowest BCUT2D eigenvalue weighted by Crippen LogP contribution is -2.55. The van der Waals surface area contributed by atoms with Crippen molar-refractivity contribution >= 4 is 11.9 Å². The molecule has 2 N–H and O–H groups in total. The average molecular weight is 308 g/mol. The predicted molar refractivity (Wildman–Crippen MR) is 84.5 cm³/mol. The monoisotopic (exact) mass is 308 g/mol. The van der Waals surface area contributed by atoms with Gasteiger partial charge < -0.3 is 15.5 Å². The number of nitrogens with zero attached hydrogens (tertiary/aromatic N) is 2. The number of piperidine rings is 2. The summed E-state index contributed by atoms with van der Waals surface area (Å²) in [6.45, 7) is 7.64. The number of nitrogens with one attached hydrogen (secondary N) is 2. The van der Waals surface area contributed by atoms with Crippen LogP contribution in [0.5, 0.6) is 0 Å². The van der Waals surface area contributed by atoms with E-state index in [0.717, 1.165) is 64.8 Å². The Morgan fingerprint density at radius 1 is 1.18 bits per heavy atom. The normalized spacial score (nSPS) is 26.7. The van der Waals surface area contributed by atoms with Gasteiger partial charge >= 0.3 is 6.03 Å². The first-order valence-electron chi connectivity index (χ1n) is 8.72. The summed E-state index contributed by atoms with van der Waals surface area (Å²) in [5.74, 6) is 0.471. The smallest absolute Gasteiger partial charge is 0.323 e. The third kappa shape index (κ3) is 2.99. The summed E-state index contributed by atoms with van der Waals surface area (Å²) >= 11 is 0. The van der Waals surface area contributed by atoms with Crippen LogP contribution in [0.4, 0.5) is 4.79 Å². The molecule has 3 aliphatic rings. The van der Waals surface area contributed by atoms with E-state index in [1.54, 1.807) is 0 Å². The number of carbonyl (C=O) groups is 2. The zero-order chi connectivity index (χ0) is 15.6. The zero-order valence-electron chi connectivity index (χ0n) is 13.6. The molecular formula is C16H28N4O2. The van der Waals surface area contributed by atoms with Gasteiger partial charge in [0.1, 0.15) is 5.54 Å². The molecule has 1 spiro atoms. The number of hydrogen-bond donors (Lipinski definition) is 2. The van der Waals surface area contributed by atoms with Gasteiger partial charge in [0, 0.05) is 19.6 Å². The molecule has 0 aromatic heterocycles. The Kier molecular flexibility index (Phi) is 4.68. The molecule has 3 heterocycles. The van der Waals surface area contributed by atoms with E-state index < -0.39 is 5.54 Å². The minimum Gasteiger partial charge on any atom is -0.323 e. The van der Waals surface area contributed by atoms with Gasteiger partial charge in [-0.15, -0.1) is 0 Å². The van der Waals surface area contributed by atoms with Crippen LogP contribution in [0.15, 0.2) is 0 Å². The molecule has 3 amide bonds. The van der Waals surface area contributed by atoms with E-state index in [4.69, 9.17) is 0 Å². The lowest BCUT2D eigenvalue weighted by Gasteiger charge is -2.37. The van der Waals surface area contributed by atoms with Gasteiger partial charge in [-0.05, 0) is 57.7 Å². The average Bonchev–Trinajstić information content (AvgIpc) is 2.76. The molecule has 0 aromatic rings. The maximum atomic E-state index is 12.8. The highest BCUT2D eigenvalue weighted by Gasteiger charge is 2.52. The molecule has 3 saturated heterocycles. The summed E-state index contributed by atoms with van der Waals surface area (Å²) in [5.41, 5.74) is -0.617. The van der Waals surface area contributed by atoms with Crippen molar-refractivity contribution in [2.75, 3.05) is 39.3 Å². The Bertz CT molecular complexity index is 426. The van der Waals surface area contributed by atoms with Gasteiger partial charge in [0.15, 0.2) is 0 Å². The topological polar surface area (TPSA) is 64.7 Å². The largest absolute Gasteiger partial charge is 0.325 e. The van der Waals surface area contributed by atoms with Gasteiger partial charge in [-0.2, -0.15) is 0 Å². The number of likely N-dealkylation sites (tertiary alicyclic amines) is 1. The summed E-state index contributed by atoms with van der Waals surface area (Å²) in [7, 11) is 0. The van der Waals surface area contributed by atoms with E-state index >= 15 is 0 Å². The molecule has 0 aliphatic carbocycles. The van der Waals surface area contributed by atoms with Gasteiger partial charge in [0.25, 0.3) is 5.91 Å². The van der Waals surface area contributed by atoms with Crippen LogP contribution in [0.25, 0.3) is 0 Å².